The third-order valence-electron chi connectivity index (χ3n) is 1.93. The molecule has 6 heteroatoms. The van der Waals surface area contributed by atoms with E-state index in [4.69, 9.17) is 9.47 Å². The molecule has 0 rings (SSSR count). The van der Waals surface area contributed by atoms with Gasteiger partial charge in [-0.1, -0.05) is 13.3 Å². The number of methoxy groups -OCH3 is 1. The van der Waals surface area contributed by atoms with Gasteiger partial charge in [0.25, 0.3) is 0 Å². The summed E-state index contributed by atoms with van der Waals surface area (Å²) in [6.07, 6.45) is 0.744. The van der Waals surface area contributed by atoms with Crippen LogP contribution in [0.25, 0.3) is 0 Å². The molecule has 0 aliphatic heterocycles. The van der Waals surface area contributed by atoms with E-state index in [9.17, 15) is 13.2 Å². The number of hydrogen-bond acceptors (Lipinski definition) is 5. The normalized spacial score (nSPS) is 13.4. The summed E-state index contributed by atoms with van der Waals surface area (Å²) >= 11 is 0. The van der Waals surface area contributed by atoms with Crippen LogP contribution in [0.2, 0.25) is 0 Å². The number of sulfone groups is 1. The molecule has 0 heterocycles. The number of carbonyl (C=O) groups is 1. The first-order valence-corrected chi connectivity index (χ1v) is 7.10. The summed E-state index contributed by atoms with van der Waals surface area (Å²) < 4.78 is 32.9. The quantitative estimate of drug-likeness (QED) is 0.597. The van der Waals surface area contributed by atoms with Gasteiger partial charge >= 0.3 is 5.97 Å². The second-order valence-corrected chi connectivity index (χ2v) is 5.88. The minimum atomic E-state index is -3.17. The summed E-state index contributed by atoms with van der Waals surface area (Å²) in [5.74, 6) is -0.529. The van der Waals surface area contributed by atoms with Crippen molar-refractivity contribution in [1.29, 1.82) is 0 Å². The van der Waals surface area contributed by atoms with E-state index in [0.29, 0.717) is 6.42 Å². The van der Waals surface area contributed by atoms with Crippen LogP contribution in [0.5, 0.6) is 0 Å². The summed E-state index contributed by atoms with van der Waals surface area (Å²) in [5, 5.41) is 0. The van der Waals surface area contributed by atoms with Gasteiger partial charge in [0.15, 0.2) is 9.84 Å². The number of rotatable bonds is 8. The molecule has 0 aliphatic carbocycles. The van der Waals surface area contributed by atoms with Crippen LogP contribution in [0.15, 0.2) is 0 Å². The van der Waals surface area contributed by atoms with Crippen molar-refractivity contribution in [2.24, 2.45) is 0 Å². The van der Waals surface area contributed by atoms with E-state index < -0.39 is 21.9 Å². The van der Waals surface area contributed by atoms with Crippen LogP contribution in [0.1, 0.15) is 26.7 Å². The summed E-state index contributed by atoms with van der Waals surface area (Å²) in [6.45, 7) is 3.28. The molecule has 5 nitrogen and oxygen atoms in total. The largest absolute Gasteiger partial charge is 0.459 e. The van der Waals surface area contributed by atoms with Crippen molar-refractivity contribution in [3.8, 4) is 0 Å². The minimum absolute atomic E-state index is 0.102. The molecule has 0 saturated heterocycles. The number of carbonyl (C=O) groups excluding carboxylic acids is 1. The molecule has 0 aromatic heterocycles. The number of unbranched alkanes of at least 4 members (excludes halogenated alkanes) is 1. The summed E-state index contributed by atoms with van der Waals surface area (Å²) in [7, 11) is -1.73. The fourth-order valence-corrected chi connectivity index (χ4v) is 2.89. The highest BCUT2D eigenvalue weighted by atomic mass is 32.2. The fraction of sp³-hybridized carbons (Fsp3) is 0.900. The Kier molecular flexibility index (Phi) is 7.33. The first-order chi connectivity index (χ1) is 7.41. The first kappa shape index (κ1) is 15.4. The number of ether oxygens (including phenoxy) is 2. The first-order valence-electron chi connectivity index (χ1n) is 5.28. The zero-order chi connectivity index (χ0) is 12.6. The zero-order valence-electron chi connectivity index (χ0n) is 10.1. The van der Waals surface area contributed by atoms with E-state index in [-0.39, 0.29) is 18.1 Å². The van der Waals surface area contributed by atoms with E-state index in [1.165, 1.54) is 14.0 Å². The van der Waals surface area contributed by atoms with E-state index in [1.807, 2.05) is 6.92 Å². The Morgan fingerprint density at radius 2 is 2.00 bits per heavy atom. The molecule has 0 aromatic carbocycles. The van der Waals surface area contributed by atoms with Crippen LogP contribution in [-0.2, 0) is 24.1 Å². The Morgan fingerprint density at radius 1 is 1.38 bits per heavy atom. The summed E-state index contributed by atoms with van der Waals surface area (Å²) in [5.41, 5.74) is 0. The molecular formula is C10H20O5S. The van der Waals surface area contributed by atoms with Crippen molar-refractivity contribution >= 4 is 15.8 Å². The molecule has 0 saturated carbocycles. The summed E-state index contributed by atoms with van der Waals surface area (Å²) in [6, 6.07) is 0. The molecule has 0 unspecified atom stereocenters. The molecule has 0 aliphatic rings. The van der Waals surface area contributed by atoms with Crippen molar-refractivity contribution in [2.75, 3.05) is 25.2 Å². The smallest absolute Gasteiger partial charge is 0.303 e. The molecule has 1 atom stereocenters. The van der Waals surface area contributed by atoms with Gasteiger partial charge in [-0.3, -0.25) is 4.79 Å². The van der Waals surface area contributed by atoms with Crippen molar-refractivity contribution in [3.63, 3.8) is 0 Å². The van der Waals surface area contributed by atoms with Gasteiger partial charge in [-0.25, -0.2) is 8.42 Å². The third-order valence-corrected chi connectivity index (χ3v) is 3.72. The van der Waals surface area contributed by atoms with E-state index in [0.717, 1.165) is 6.42 Å². The summed E-state index contributed by atoms with van der Waals surface area (Å²) in [4.78, 5) is 10.8. The number of esters is 1. The van der Waals surface area contributed by atoms with E-state index >= 15 is 0 Å². The number of hydrogen-bond donors (Lipinski definition) is 0. The molecule has 0 aromatic rings. The van der Waals surface area contributed by atoms with Crippen LogP contribution in [-0.4, -0.2) is 45.7 Å². The second-order valence-electron chi connectivity index (χ2n) is 3.65. The Bertz CT molecular complexity index is 296. The van der Waals surface area contributed by atoms with Crippen LogP contribution in [0.4, 0.5) is 0 Å². The average Bonchev–Trinajstić information content (AvgIpc) is 2.13. The van der Waals surface area contributed by atoms with Crippen molar-refractivity contribution in [3.05, 3.63) is 0 Å². The lowest BCUT2D eigenvalue weighted by Gasteiger charge is -2.15. The Morgan fingerprint density at radius 3 is 2.44 bits per heavy atom. The maximum absolute atomic E-state index is 11.6. The predicted molar refractivity (Wildman–Crippen MR) is 61.0 cm³/mol. The van der Waals surface area contributed by atoms with Crippen molar-refractivity contribution in [2.45, 2.75) is 32.8 Å². The van der Waals surface area contributed by atoms with Gasteiger partial charge in [-0.15, -0.1) is 0 Å². The van der Waals surface area contributed by atoms with Gasteiger partial charge in [0.2, 0.25) is 0 Å². The molecule has 0 N–H and O–H groups in total. The second kappa shape index (κ2) is 7.62. The highest BCUT2D eigenvalue weighted by Gasteiger charge is 2.21. The molecule has 0 radical (unpaired) electrons. The maximum Gasteiger partial charge on any atom is 0.303 e. The van der Waals surface area contributed by atoms with Gasteiger partial charge in [-0.2, -0.15) is 0 Å². The van der Waals surface area contributed by atoms with Crippen LogP contribution >= 0.6 is 0 Å². The topological polar surface area (TPSA) is 69.7 Å². The molecule has 16 heavy (non-hydrogen) atoms. The van der Waals surface area contributed by atoms with Crippen molar-refractivity contribution < 1.29 is 22.7 Å². The Hall–Kier alpha value is -0.620. The lowest BCUT2D eigenvalue weighted by molar-refractivity contribution is -0.147. The maximum atomic E-state index is 11.6. The van der Waals surface area contributed by atoms with Crippen molar-refractivity contribution in [1.82, 2.24) is 0 Å². The van der Waals surface area contributed by atoms with Crippen LogP contribution in [0.3, 0.4) is 0 Å². The SMILES string of the molecule is CCCCS(=O)(=O)C[C@H](COC)OC(C)=O. The van der Waals surface area contributed by atoms with Gasteiger partial charge in [-0.05, 0) is 6.42 Å². The highest BCUT2D eigenvalue weighted by Crippen LogP contribution is 2.04. The van der Waals surface area contributed by atoms with Gasteiger partial charge in [0, 0.05) is 14.0 Å². The molecule has 0 fully saturated rings. The fourth-order valence-electron chi connectivity index (χ4n) is 1.27. The third kappa shape index (κ3) is 7.64. The molecule has 0 spiro atoms. The lowest BCUT2D eigenvalue weighted by Crippen LogP contribution is -2.31. The van der Waals surface area contributed by atoms with Gasteiger partial charge < -0.3 is 9.47 Å². The van der Waals surface area contributed by atoms with Gasteiger partial charge in [0.1, 0.15) is 6.10 Å². The monoisotopic (exact) mass is 252 g/mol. The molecule has 0 amide bonds. The Balaban J connectivity index is 4.31. The Labute approximate surface area is 97.0 Å². The lowest BCUT2D eigenvalue weighted by atomic mass is 10.4. The minimum Gasteiger partial charge on any atom is -0.459 e. The standard InChI is InChI=1S/C10H20O5S/c1-4-5-6-16(12,13)8-10(7-14-3)15-9(2)11/h10H,4-8H2,1-3H3/t10-/m0/s1. The van der Waals surface area contributed by atoms with Gasteiger partial charge in [0.05, 0.1) is 18.1 Å². The van der Waals surface area contributed by atoms with Crippen LogP contribution < -0.4 is 0 Å². The predicted octanol–water partition coefficient (Wildman–Crippen LogP) is 0.779. The molecule has 96 valence electrons. The van der Waals surface area contributed by atoms with E-state index in [1.54, 1.807) is 0 Å². The zero-order valence-corrected chi connectivity index (χ0v) is 10.9. The van der Waals surface area contributed by atoms with E-state index in [2.05, 4.69) is 0 Å². The molecular weight excluding hydrogens is 232 g/mol. The highest BCUT2D eigenvalue weighted by molar-refractivity contribution is 7.91. The van der Waals surface area contributed by atoms with Crippen LogP contribution in [0, 0.1) is 0 Å². The average molecular weight is 252 g/mol. The molecule has 0 bridgehead atoms.